The Bertz CT molecular complexity index is 1080. The van der Waals surface area contributed by atoms with Gasteiger partial charge in [0.15, 0.2) is 0 Å². The van der Waals surface area contributed by atoms with E-state index in [-0.39, 0.29) is 0 Å². The van der Waals surface area contributed by atoms with Crippen molar-refractivity contribution in [1.82, 2.24) is 15.1 Å². The van der Waals surface area contributed by atoms with E-state index < -0.39 is 17.4 Å². The summed E-state index contributed by atoms with van der Waals surface area (Å²) in [4.78, 5) is 25.3. The van der Waals surface area contributed by atoms with Crippen LogP contribution in [0.25, 0.3) is 5.69 Å². The predicted octanol–water partition coefficient (Wildman–Crippen LogP) is 4.40. The molecule has 1 aliphatic rings. The van der Waals surface area contributed by atoms with E-state index in [1.807, 2.05) is 18.2 Å². The molecule has 0 bridgehead atoms. The predicted molar refractivity (Wildman–Crippen MR) is 117 cm³/mol. The molecular formula is C22H20Cl2N4O2. The molecule has 2 N–H and O–H groups in total. The van der Waals surface area contributed by atoms with Gasteiger partial charge in [0, 0.05) is 28.0 Å². The second kappa shape index (κ2) is 8.50. The van der Waals surface area contributed by atoms with Gasteiger partial charge in [-0.3, -0.25) is 9.59 Å². The molecule has 0 saturated heterocycles. The standard InChI is InChI=1S/C22H20Cl2N4O2/c23-16-8-7-15(17(24)13-16)14-22(9-3-10-22)27-21(30)20(29)26-18-5-1-2-6-19(18)28-12-4-11-25-28/h1-2,4-8,11-13H,3,9-10,14H2,(H,26,29)(H,27,30). The summed E-state index contributed by atoms with van der Waals surface area (Å²) < 4.78 is 1.63. The molecule has 1 aromatic heterocycles. The summed E-state index contributed by atoms with van der Waals surface area (Å²) in [5.41, 5.74) is 1.60. The van der Waals surface area contributed by atoms with Crippen LogP contribution in [0, 0.1) is 0 Å². The van der Waals surface area contributed by atoms with Crippen molar-refractivity contribution in [3.63, 3.8) is 0 Å². The van der Waals surface area contributed by atoms with Crippen LogP contribution in [-0.4, -0.2) is 27.1 Å². The Morgan fingerprint density at radius 3 is 2.53 bits per heavy atom. The molecule has 0 aliphatic heterocycles. The highest BCUT2D eigenvalue weighted by Gasteiger charge is 2.40. The Morgan fingerprint density at radius 1 is 1.07 bits per heavy atom. The Kier molecular flexibility index (Phi) is 5.79. The molecule has 3 aromatic rings. The van der Waals surface area contributed by atoms with E-state index in [1.165, 1.54) is 0 Å². The number of halogens is 2. The van der Waals surface area contributed by atoms with E-state index in [1.54, 1.807) is 47.4 Å². The van der Waals surface area contributed by atoms with Gasteiger partial charge in [0.1, 0.15) is 0 Å². The van der Waals surface area contributed by atoms with Gasteiger partial charge < -0.3 is 10.6 Å². The van der Waals surface area contributed by atoms with Gasteiger partial charge in [0.2, 0.25) is 0 Å². The molecule has 30 heavy (non-hydrogen) atoms. The zero-order valence-corrected chi connectivity index (χ0v) is 17.6. The van der Waals surface area contributed by atoms with Crippen molar-refractivity contribution in [3.8, 4) is 5.69 Å². The van der Waals surface area contributed by atoms with Gasteiger partial charge in [-0.2, -0.15) is 5.10 Å². The average molecular weight is 443 g/mol. The fraction of sp³-hybridized carbons (Fsp3) is 0.227. The zero-order chi connectivity index (χ0) is 21.1. The maximum atomic E-state index is 12.7. The fourth-order valence-electron chi connectivity index (χ4n) is 3.65. The van der Waals surface area contributed by atoms with Crippen molar-refractivity contribution in [2.24, 2.45) is 0 Å². The number of carbonyl (C=O) groups excluding carboxylic acids is 2. The molecular weight excluding hydrogens is 423 g/mol. The van der Waals surface area contributed by atoms with Gasteiger partial charge >= 0.3 is 11.8 Å². The van der Waals surface area contributed by atoms with Gasteiger partial charge in [-0.25, -0.2) is 4.68 Å². The summed E-state index contributed by atoms with van der Waals surface area (Å²) in [6, 6.07) is 14.3. The summed E-state index contributed by atoms with van der Waals surface area (Å²) >= 11 is 12.3. The van der Waals surface area contributed by atoms with Crippen LogP contribution in [0.3, 0.4) is 0 Å². The SMILES string of the molecule is O=C(Nc1ccccc1-n1cccn1)C(=O)NC1(Cc2ccc(Cl)cc2Cl)CCC1. The van der Waals surface area contributed by atoms with Crippen molar-refractivity contribution >= 4 is 40.7 Å². The molecule has 0 spiro atoms. The van der Waals surface area contributed by atoms with Crippen LogP contribution < -0.4 is 10.6 Å². The second-order valence-electron chi connectivity index (χ2n) is 7.42. The highest BCUT2D eigenvalue weighted by atomic mass is 35.5. The Balaban J connectivity index is 1.46. The lowest BCUT2D eigenvalue weighted by Crippen LogP contribution is -2.57. The zero-order valence-electron chi connectivity index (χ0n) is 16.1. The Labute approximate surface area is 184 Å². The lowest BCUT2D eigenvalue weighted by Gasteiger charge is -2.42. The van der Waals surface area contributed by atoms with E-state index in [0.29, 0.717) is 27.8 Å². The molecule has 154 valence electrons. The third-order valence-corrected chi connectivity index (χ3v) is 5.93. The van der Waals surface area contributed by atoms with Crippen molar-refractivity contribution < 1.29 is 9.59 Å². The summed E-state index contributed by atoms with van der Waals surface area (Å²) in [6.45, 7) is 0. The van der Waals surface area contributed by atoms with Gasteiger partial charge in [0.25, 0.3) is 0 Å². The minimum Gasteiger partial charge on any atom is -0.342 e. The average Bonchev–Trinajstić information content (AvgIpc) is 3.23. The molecule has 8 heteroatoms. The first-order valence-electron chi connectivity index (χ1n) is 9.62. The van der Waals surface area contributed by atoms with E-state index in [2.05, 4.69) is 15.7 Å². The molecule has 4 rings (SSSR count). The lowest BCUT2D eigenvalue weighted by atomic mass is 9.72. The highest BCUT2D eigenvalue weighted by Crippen LogP contribution is 2.37. The quantitative estimate of drug-likeness (QED) is 0.574. The summed E-state index contributed by atoms with van der Waals surface area (Å²) in [7, 11) is 0. The van der Waals surface area contributed by atoms with E-state index >= 15 is 0 Å². The molecule has 0 radical (unpaired) electrons. The van der Waals surface area contributed by atoms with Crippen LogP contribution in [0.4, 0.5) is 5.69 Å². The topological polar surface area (TPSA) is 76.0 Å². The first kappa shape index (κ1) is 20.4. The molecule has 1 heterocycles. The van der Waals surface area contributed by atoms with Crippen LogP contribution in [0.2, 0.25) is 10.0 Å². The third kappa shape index (κ3) is 4.35. The number of nitrogens with one attached hydrogen (secondary N) is 2. The first-order valence-corrected chi connectivity index (χ1v) is 10.4. The number of hydrogen-bond donors (Lipinski definition) is 2. The fourth-order valence-corrected chi connectivity index (χ4v) is 4.12. The molecule has 1 saturated carbocycles. The smallest absolute Gasteiger partial charge is 0.313 e. The van der Waals surface area contributed by atoms with Crippen LogP contribution in [-0.2, 0) is 16.0 Å². The second-order valence-corrected chi connectivity index (χ2v) is 8.27. The minimum absolute atomic E-state index is 0.479. The van der Waals surface area contributed by atoms with Crippen LogP contribution in [0.1, 0.15) is 24.8 Å². The number of anilines is 1. The maximum Gasteiger partial charge on any atom is 0.313 e. The van der Waals surface area contributed by atoms with Crippen molar-refractivity contribution in [2.75, 3.05) is 5.32 Å². The number of para-hydroxylation sites is 2. The summed E-state index contributed by atoms with van der Waals surface area (Å²) in [6.07, 6.45) is 6.52. The number of amides is 2. The van der Waals surface area contributed by atoms with Crippen molar-refractivity contribution in [1.29, 1.82) is 0 Å². The highest BCUT2D eigenvalue weighted by molar-refractivity contribution is 6.40. The summed E-state index contributed by atoms with van der Waals surface area (Å²) in [5, 5.41) is 10.9. The van der Waals surface area contributed by atoms with Crippen LogP contribution in [0.15, 0.2) is 60.9 Å². The number of aromatic nitrogens is 2. The van der Waals surface area contributed by atoms with E-state index in [0.717, 1.165) is 24.8 Å². The van der Waals surface area contributed by atoms with Crippen molar-refractivity contribution in [3.05, 3.63) is 76.5 Å². The summed E-state index contributed by atoms with van der Waals surface area (Å²) in [5.74, 6) is -1.39. The number of benzene rings is 2. The molecule has 2 aromatic carbocycles. The first-order chi connectivity index (χ1) is 14.5. The number of carbonyl (C=O) groups is 2. The number of rotatable bonds is 5. The molecule has 1 fully saturated rings. The monoisotopic (exact) mass is 442 g/mol. The third-order valence-electron chi connectivity index (χ3n) is 5.34. The molecule has 1 aliphatic carbocycles. The van der Waals surface area contributed by atoms with Crippen LogP contribution in [0.5, 0.6) is 0 Å². The van der Waals surface area contributed by atoms with E-state index in [9.17, 15) is 9.59 Å². The number of hydrogen-bond acceptors (Lipinski definition) is 3. The van der Waals surface area contributed by atoms with Gasteiger partial charge in [-0.1, -0.05) is 41.4 Å². The number of nitrogens with zero attached hydrogens (tertiary/aromatic N) is 2. The largest absolute Gasteiger partial charge is 0.342 e. The van der Waals surface area contributed by atoms with Crippen molar-refractivity contribution in [2.45, 2.75) is 31.2 Å². The lowest BCUT2D eigenvalue weighted by molar-refractivity contribution is -0.138. The van der Waals surface area contributed by atoms with Gasteiger partial charge in [-0.05, 0) is 61.6 Å². The normalized spacial score (nSPS) is 14.6. The Hall–Kier alpha value is -2.83. The Morgan fingerprint density at radius 2 is 1.87 bits per heavy atom. The maximum absolute atomic E-state index is 12.7. The molecule has 0 unspecified atom stereocenters. The van der Waals surface area contributed by atoms with Crippen LogP contribution >= 0.6 is 23.2 Å². The molecule has 6 nitrogen and oxygen atoms in total. The molecule has 0 atom stereocenters. The minimum atomic E-state index is -0.719. The van der Waals surface area contributed by atoms with Gasteiger partial charge in [-0.15, -0.1) is 0 Å². The van der Waals surface area contributed by atoms with Gasteiger partial charge in [0.05, 0.1) is 11.4 Å². The van der Waals surface area contributed by atoms with E-state index in [4.69, 9.17) is 23.2 Å². The molecule has 2 amide bonds.